The molecule has 1 aromatic carbocycles. The SMILES string of the molecule is Cc1c(C2(CN)CCC2)ccc(O)c1CN(C)C. The third-order valence-corrected chi connectivity index (χ3v) is 4.32. The van der Waals surface area contributed by atoms with E-state index >= 15 is 0 Å². The third-order valence-electron chi connectivity index (χ3n) is 4.32. The van der Waals surface area contributed by atoms with Crippen molar-refractivity contribution in [2.24, 2.45) is 5.73 Å². The van der Waals surface area contributed by atoms with Crippen LogP contribution in [0.25, 0.3) is 0 Å². The lowest BCUT2D eigenvalue weighted by atomic mass is 9.63. The van der Waals surface area contributed by atoms with Crippen LogP contribution in [0.2, 0.25) is 0 Å². The van der Waals surface area contributed by atoms with Crippen LogP contribution in [0.15, 0.2) is 12.1 Å². The van der Waals surface area contributed by atoms with Crippen LogP contribution < -0.4 is 5.73 Å². The smallest absolute Gasteiger partial charge is 0.120 e. The van der Waals surface area contributed by atoms with E-state index in [-0.39, 0.29) is 5.41 Å². The number of hydrogen-bond acceptors (Lipinski definition) is 3. The first-order valence-electron chi connectivity index (χ1n) is 6.67. The van der Waals surface area contributed by atoms with Gasteiger partial charge >= 0.3 is 0 Å². The molecule has 1 aliphatic carbocycles. The summed E-state index contributed by atoms with van der Waals surface area (Å²) in [5.41, 5.74) is 9.75. The van der Waals surface area contributed by atoms with E-state index in [1.54, 1.807) is 0 Å². The van der Waals surface area contributed by atoms with Crippen molar-refractivity contribution >= 4 is 0 Å². The molecule has 1 aromatic rings. The van der Waals surface area contributed by atoms with E-state index in [2.05, 4.69) is 17.9 Å². The van der Waals surface area contributed by atoms with Crippen LogP contribution in [0.5, 0.6) is 5.75 Å². The van der Waals surface area contributed by atoms with E-state index in [1.165, 1.54) is 30.4 Å². The topological polar surface area (TPSA) is 49.5 Å². The molecule has 18 heavy (non-hydrogen) atoms. The van der Waals surface area contributed by atoms with E-state index in [9.17, 15) is 5.11 Å². The Labute approximate surface area is 110 Å². The largest absolute Gasteiger partial charge is 0.508 e. The van der Waals surface area contributed by atoms with Crippen molar-refractivity contribution in [2.75, 3.05) is 20.6 Å². The summed E-state index contributed by atoms with van der Waals surface area (Å²) in [6, 6.07) is 3.90. The zero-order valence-electron chi connectivity index (χ0n) is 11.7. The maximum absolute atomic E-state index is 10.0. The second-order valence-corrected chi connectivity index (χ2v) is 5.81. The van der Waals surface area contributed by atoms with Crippen molar-refractivity contribution < 1.29 is 5.11 Å². The lowest BCUT2D eigenvalue weighted by molar-refractivity contribution is 0.251. The highest BCUT2D eigenvalue weighted by molar-refractivity contribution is 5.47. The van der Waals surface area contributed by atoms with E-state index in [4.69, 9.17) is 5.73 Å². The maximum Gasteiger partial charge on any atom is 0.120 e. The molecular formula is C15H24N2O. The van der Waals surface area contributed by atoms with Crippen LogP contribution in [-0.4, -0.2) is 30.6 Å². The van der Waals surface area contributed by atoms with Gasteiger partial charge in [-0.15, -0.1) is 0 Å². The quantitative estimate of drug-likeness (QED) is 0.858. The summed E-state index contributed by atoms with van der Waals surface area (Å²) in [5, 5.41) is 10.0. The second kappa shape index (κ2) is 4.90. The van der Waals surface area contributed by atoms with Gasteiger partial charge in [0.15, 0.2) is 0 Å². The number of aromatic hydroxyl groups is 1. The van der Waals surface area contributed by atoms with E-state index in [0.717, 1.165) is 12.1 Å². The molecule has 3 nitrogen and oxygen atoms in total. The minimum Gasteiger partial charge on any atom is -0.508 e. The molecule has 1 fully saturated rings. The second-order valence-electron chi connectivity index (χ2n) is 5.81. The Morgan fingerprint density at radius 2 is 2.00 bits per heavy atom. The van der Waals surface area contributed by atoms with E-state index in [0.29, 0.717) is 12.3 Å². The molecule has 1 aliphatic rings. The van der Waals surface area contributed by atoms with Gasteiger partial charge < -0.3 is 15.7 Å². The Kier molecular flexibility index (Phi) is 3.64. The monoisotopic (exact) mass is 248 g/mol. The first-order valence-corrected chi connectivity index (χ1v) is 6.67. The van der Waals surface area contributed by atoms with Gasteiger partial charge in [-0.1, -0.05) is 12.5 Å². The fraction of sp³-hybridized carbons (Fsp3) is 0.600. The Balaban J connectivity index is 2.44. The predicted molar refractivity (Wildman–Crippen MR) is 74.8 cm³/mol. The molecule has 0 spiro atoms. The van der Waals surface area contributed by atoms with Gasteiger partial charge in [0.05, 0.1) is 0 Å². The molecule has 0 atom stereocenters. The van der Waals surface area contributed by atoms with Crippen molar-refractivity contribution in [1.29, 1.82) is 0 Å². The van der Waals surface area contributed by atoms with Gasteiger partial charge in [-0.2, -0.15) is 0 Å². The molecule has 0 radical (unpaired) electrons. The van der Waals surface area contributed by atoms with Crippen molar-refractivity contribution in [3.05, 3.63) is 28.8 Å². The first kappa shape index (κ1) is 13.4. The summed E-state index contributed by atoms with van der Waals surface area (Å²) in [6.07, 6.45) is 3.62. The average Bonchev–Trinajstić information content (AvgIpc) is 2.26. The molecule has 100 valence electrons. The van der Waals surface area contributed by atoms with Crippen LogP contribution >= 0.6 is 0 Å². The van der Waals surface area contributed by atoms with Gasteiger partial charge in [0.1, 0.15) is 5.75 Å². The molecule has 3 N–H and O–H groups in total. The molecule has 0 amide bonds. The minimum absolute atomic E-state index is 0.166. The van der Waals surface area contributed by atoms with Crippen LogP contribution in [0, 0.1) is 6.92 Å². The molecular weight excluding hydrogens is 224 g/mol. The van der Waals surface area contributed by atoms with Gasteiger partial charge in [0, 0.05) is 24.1 Å². The van der Waals surface area contributed by atoms with E-state index in [1.807, 2.05) is 20.2 Å². The van der Waals surface area contributed by atoms with Crippen molar-refractivity contribution in [1.82, 2.24) is 4.90 Å². The molecule has 3 heteroatoms. The normalized spacial score (nSPS) is 17.8. The lowest BCUT2D eigenvalue weighted by Crippen LogP contribution is -2.42. The number of nitrogens with two attached hydrogens (primary N) is 1. The number of phenolic OH excluding ortho intramolecular Hbond substituents is 1. The highest BCUT2D eigenvalue weighted by atomic mass is 16.3. The third kappa shape index (κ3) is 2.13. The number of nitrogens with zero attached hydrogens (tertiary/aromatic N) is 1. The molecule has 0 saturated heterocycles. The molecule has 1 saturated carbocycles. The molecule has 0 heterocycles. The van der Waals surface area contributed by atoms with Crippen molar-refractivity contribution in [3.8, 4) is 5.75 Å². The molecule has 0 aliphatic heterocycles. The Morgan fingerprint density at radius 3 is 2.44 bits per heavy atom. The predicted octanol–water partition coefficient (Wildman–Crippen LogP) is 2.14. The minimum atomic E-state index is 0.166. The fourth-order valence-electron chi connectivity index (χ4n) is 3.02. The summed E-state index contributed by atoms with van der Waals surface area (Å²) in [7, 11) is 4.04. The number of benzene rings is 1. The molecule has 0 unspecified atom stereocenters. The summed E-state index contributed by atoms with van der Waals surface area (Å²) >= 11 is 0. The van der Waals surface area contributed by atoms with E-state index < -0.39 is 0 Å². The molecule has 0 aromatic heterocycles. The van der Waals surface area contributed by atoms with Gasteiger partial charge in [0.2, 0.25) is 0 Å². The van der Waals surface area contributed by atoms with Gasteiger partial charge in [-0.3, -0.25) is 0 Å². The maximum atomic E-state index is 10.0. The van der Waals surface area contributed by atoms with Crippen molar-refractivity contribution in [2.45, 2.75) is 38.1 Å². The fourth-order valence-corrected chi connectivity index (χ4v) is 3.02. The summed E-state index contributed by atoms with van der Waals surface area (Å²) in [5.74, 6) is 0.399. The average molecular weight is 248 g/mol. The first-order chi connectivity index (χ1) is 8.50. The van der Waals surface area contributed by atoms with Crippen LogP contribution in [0.3, 0.4) is 0 Å². The van der Waals surface area contributed by atoms with Crippen LogP contribution in [-0.2, 0) is 12.0 Å². The standard InChI is InChI=1S/C15H24N2O/c1-11-12(9-17(2)3)14(18)6-5-13(11)15(10-16)7-4-8-15/h5-6,18H,4,7-10,16H2,1-3H3. The summed E-state index contributed by atoms with van der Waals surface area (Å²) < 4.78 is 0. The number of rotatable bonds is 4. The Morgan fingerprint density at radius 1 is 1.33 bits per heavy atom. The van der Waals surface area contributed by atoms with Gasteiger partial charge in [-0.25, -0.2) is 0 Å². The van der Waals surface area contributed by atoms with Gasteiger partial charge in [0.25, 0.3) is 0 Å². The Hall–Kier alpha value is -1.06. The zero-order valence-corrected chi connectivity index (χ0v) is 11.7. The molecule has 0 bridgehead atoms. The van der Waals surface area contributed by atoms with Crippen LogP contribution in [0.1, 0.15) is 36.0 Å². The lowest BCUT2D eigenvalue weighted by Gasteiger charge is -2.43. The Bertz CT molecular complexity index is 431. The zero-order chi connectivity index (χ0) is 13.3. The number of hydrogen-bond donors (Lipinski definition) is 2. The van der Waals surface area contributed by atoms with Crippen molar-refractivity contribution in [3.63, 3.8) is 0 Å². The number of phenols is 1. The highest BCUT2D eigenvalue weighted by Crippen LogP contribution is 2.45. The van der Waals surface area contributed by atoms with Crippen LogP contribution in [0.4, 0.5) is 0 Å². The van der Waals surface area contributed by atoms with Gasteiger partial charge in [-0.05, 0) is 51.1 Å². The molecule has 2 rings (SSSR count). The summed E-state index contributed by atoms with van der Waals surface area (Å²) in [4.78, 5) is 2.09. The highest BCUT2D eigenvalue weighted by Gasteiger charge is 2.38. The summed E-state index contributed by atoms with van der Waals surface area (Å²) in [6.45, 7) is 3.59.